The van der Waals surface area contributed by atoms with Gasteiger partial charge in [-0.2, -0.15) is 0 Å². The maximum atomic E-state index is 13.3. The summed E-state index contributed by atoms with van der Waals surface area (Å²) >= 11 is 0. The van der Waals surface area contributed by atoms with Crippen LogP contribution in [0.25, 0.3) is 0 Å². The Hall–Kier alpha value is -4.29. The van der Waals surface area contributed by atoms with Crippen molar-refractivity contribution in [1.82, 2.24) is 5.32 Å². The van der Waals surface area contributed by atoms with Crippen LogP contribution in [0.3, 0.4) is 0 Å². The van der Waals surface area contributed by atoms with E-state index < -0.39 is 21.8 Å². The fourth-order valence-corrected chi connectivity index (χ4v) is 4.96. The molecule has 0 fully saturated rings. The molecule has 1 unspecified atom stereocenters. The van der Waals surface area contributed by atoms with Crippen LogP contribution in [0.2, 0.25) is 0 Å². The molecule has 1 atom stereocenters. The molecule has 0 aliphatic carbocycles. The zero-order valence-corrected chi connectivity index (χ0v) is 22.2. The average molecular weight is 532 g/mol. The number of sulfone groups is 1. The van der Waals surface area contributed by atoms with Crippen molar-refractivity contribution in [3.8, 4) is 23.8 Å². The summed E-state index contributed by atoms with van der Waals surface area (Å²) in [7, 11) is -3.54. The molecule has 4 rings (SSSR count). The molecule has 9 heteroatoms. The molecule has 196 valence electrons. The van der Waals surface area contributed by atoms with Gasteiger partial charge in [-0.05, 0) is 53.4 Å². The summed E-state index contributed by atoms with van der Waals surface area (Å²) in [5.74, 6) is 2.39. The summed E-state index contributed by atoms with van der Waals surface area (Å²) in [6.07, 6.45) is 5.33. The third-order valence-electron chi connectivity index (χ3n) is 6.25. The number of aliphatic imine (C=N–C) groups is 1. The lowest BCUT2D eigenvalue weighted by atomic mass is 9.93. The van der Waals surface area contributed by atoms with Gasteiger partial charge >= 0.3 is 0 Å². The molecule has 0 bridgehead atoms. The van der Waals surface area contributed by atoms with Gasteiger partial charge < -0.3 is 20.5 Å². The molecule has 0 saturated carbocycles. The number of amides is 1. The fourth-order valence-electron chi connectivity index (χ4n) is 4.06. The molecule has 3 N–H and O–H groups in total. The summed E-state index contributed by atoms with van der Waals surface area (Å²) in [6.45, 7) is 5.87. The zero-order chi connectivity index (χ0) is 27.4. The molecule has 1 heterocycles. The third kappa shape index (κ3) is 5.66. The van der Waals surface area contributed by atoms with Crippen molar-refractivity contribution >= 4 is 33.0 Å². The molecule has 1 aliphatic rings. The third-order valence-corrected chi connectivity index (χ3v) is 7.98. The quantitative estimate of drug-likeness (QED) is 0.287. The van der Waals surface area contributed by atoms with Crippen LogP contribution in [0.15, 0.2) is 70.6 Å². The molecule has 0 aromatic heterocycles. The van der Waals surface area contributed by atoms with E-state index in [4.69, 9.17) is 11.2 Å². The van der Waals surface area contributed by atoms with E-state index in [1.807, 2.05) is 30.3 Å². The Labute approximate surface area is 222 Å². The number of hydrogen-bond acceptors (Lipinski definition) is 7. The van der Waals surface area contributed by atoms with Gasteiger partial charge in [0.25, 0.3) is 5.91 Å². The molecule has 1 amide bonds. The number of ether oxygens (including phenoxy) is 1. The SMILES string of the molecule is C#CCOc1ccc2c(c1)C(c1ccc(C(C)C)cc1)NC(C(=O)Nc1cc(S(=O)(=O)CC)ccc1O)=N2. The Bertz CT molecular complexity index is 1540. The van der Waals surface area contributed by atoms with Crippen LogP contribution >= 0.6 is 0 Å². The number of nitrogens with one attached hydrogen (secondary N) is 2. The second-order valence-corrected chi connectivity index (χ2v) is 11.4. The van der Waals surface area contributed by atoms with Crippen LogP contribution in [0.1, 0.15) is 49.4 Å². The van der Waals surface area contributed by atoms with E-state index in [9.17, 15) is 18.3 Å². The van der Waals surface area contributed by atoms with Crippen LogP contribution in [0, 0.1) is 12.3 Å². The number of amidine groups is 1. The minimum atomic E-state index is -3.54. The van der Waals surface area contributed by atoms with Crippen molar-refractivity contribution < 1.29 is 23.1 Å². The van der Waals surface area contributed by atoms with Crippen LogP contribution in [-0.2, 0) is 14.6 Å². The van der Waals surface area contributed by atoms with E-state index in [-0.39, 0.29) is 34.5 Å². The Kier molecular flexibility index (Phi) is 7.74. The van der Waals surface area contributed by atoms with Crippen LogP contribution in [0.4, 0.5) is 11.4 Å². The number of benzene rings is 3. The van der Waals surface area contributed by atoms with Crippen molar-refractivity contribution in [3.05, 3.63) is 77.4 Å². The van der Waals surface area contributed by atoms with E-state index in [1.54, 1.807) is 12.1 Å². The monoisotopic (exact) mass is 531 g/mol. The first-order chi connectivity index (χ1) is 18.1. The smallest absolute Gasteiger partial charge is 0.291 e. The van der Waals surface area contributed by atoms with Crippen LogP contribution in [0.5, 0.6) is 11.5 Å². The standard InChI is InChI=1S/C29H29N3O5S/c1-5-15-37-21-11-13-24-23(16-21)27(20-9-7-19(8-10-20)18(3)4)32-28(30-24)29(34)31-25-17-22(12-14-26(25)33)38(35,36)6-2/h1,7-14,16-18,27,33H,6,15H2,2-4H3,(H,30,32)(H,31,34). The van der Waals surface area contributed by atoms with E-state index >= 15 is 0 Å². The van der Waals surface area contributed by atoms with E-state index in [1.165, 1.54) is 30.7 Å². The van der Waals surface area contributed by atoms with Gasteiger partial charge in [0.1, 0.15) is 18.1 Å². The molecular weight excluding hydrogens is 502 g/mol. The molecule has 1 aliphatic heterocycles. The number of rotatable bonds is 8. The van der Waals surface area contributed by atoms with Gasteiger partial charge in [-0.3, -0.25) is 4.79 Å². The maximum Gasteiger partial charge on any atom is 0.291 e. The number of phenols is 1. The van der Waals surface area contributed by atoms with Crippen LogP contribution in [-0.4, -0.2) is 37.6 Å². The highest BCUT2D eigenvalue weighted by Crippen LogP contribution is 2.37. The first-order valence-electron chi connectivity index (χ1n) is 12.2. The molecule has 3 aromatic rings. The molecule has 8 nitrogen and oxygen atoms in total. The number of carbonyl (C=O) groups is 1. The van der Waals surface area contributed by atoms with Crippen LogP contribution < -0.4 is 15.4 Å². The highest BCUT2D eigenvalue weighted by molar-refractivity contribution is 7.91. The molecule has 3 aromatic carbocycles. The lowest BCUT2D eigenvalue weighted by Gasteiger charge is -2.28. The summed E-state index contributed by atoms with van der Waals surface area (Å²) < 4.78 is 30.2. The highest BCUT2D eigenvalue weighted by Gasteiger charge is 2.28. The van der Waals surface area contributed by atoms with Gasteiger partial charge in [-0.25, -0.2) is 13.4 Å². The Morgan fingerprint density at radius 2 is 1.89 bits per heavy atom. The zero-order valence-electron chi connectivity index (χ0n) is 21.4. The second-order valence-electron chi connectivity index (χ2n) is 9.11. The minimum absolute atomic E-state index is 0.000366. The van der Waals surface area contributed by atoms with Gasteiger partial charge in [0, 0.05) is 5.56 Å². The normalized spacial score (nSPS) is 14.6. The van der Waals surface area contributed by atoms with Gasteiger partial charge in [-0.15, -0.1) is 6.42 Å². The van der Waals surface area contributed by atoms with Gasteiger partial charge in [0.2, 0.25) is 0 Å². The number of phenolic OH excluding ortho intramolecular Hbond substituents is 1. The molecule has 0 spiro atoms. The predicted molar refractivity (Wildman–Crippen MR) is 148 cm³/mol. The lowest BCUT2D eigenvalue weighted by Crippen LogP contribution is -2.40. The summed E-state index contributed by atoms with van der Waals surface area (Å²) in [5.41, 5.74) is 3.41. The van der Waals surface area contributed by atoms with E-state index in [2.05, 4.69) is 35.4 Å². The molecule has 0 saturated heterocycles. The first kappa shape index (κ1) is 26.8. The number of carbonyl (C=O) groups excluding carboxylic acids is 1. The minimum Gasteiger partial charge on any atom is -0.506 e. The van der Waals surface area contributed by atoms with E-state index in [0.717, 1.165) is 11.1 Å². The van der Waals surface area contributed by atoms with Gasteiger partial charge in [0.15, 0.2) is 15.7 Å². The first-order valence-corrected chi connectivity index (χ1v) is 13.8. The number of terminal acetylenes is 1. The number of nitrogens with zero attached hydrogens (tertiary/aromatic N) is 1. The topological polar surface area (TPSA) is 117 Å². The fraction of sp³-hybridized carbons (Fsp3) is 0.241. The summed E-state index contributed by atoms with van der Waals surface area (Å²) in [5, 5.41) is 16.1. The predicted octanol–water partition coefficient (Wildman–Crippen LogP) is 4.68. The average Bonchev–Trinajstić information content (AvgIpc) is 2.92. The van der Waals surface area contributed by atoms with Crippen molar-refractivity contribution in [1.29, 1.82) is 0 Å². The largest absolute Gasteiger partial charge is 0.506 e. The lowest BCUT2D eigenvalue weighted by molar-refractivity contribution is -0.110. The second kappa shape index (κ2) is 11.0. The molecule has 38 heavy (non-hydrogen) atoms. The van der Waals surface area contributed by atoms with E-state index in [0.29, 0.717) is 17.4 Å². The van der Waals surface area contributed by atoms with Crippen molar-refractivity contribution in [2.75, 3.05) is 17.7 Å². The number of aromatic hydroxyl groups is 1. The Morgan fingerprint density at radius 1 is 1.16 bits per heavy atom. The van der Waals surface area contributed by atoms with Crippen molar-refractivity contribution in [2.24, 2.45) is 4.99 Å². The number of hydrogen-bond donors (Lipinski definition) is 3. The number of anilines is 1. The number of fused-ring (bicyclic) bond motifs is 1. The highest BCUT2D eigenvalue weighted by atomic mass is 32.2. The molecule has 0 radical (unpaired) electrons. The maximum absolute atomic E-state index is 13.3. The molecular formula is C29H29N3O5S. The van der Waals surface area contributed by atoms with Gasteiger partial charge in [-0.1, -0.05) is 51.0 Å². The Balaban J connectivity index is 1.70. The Morgan fingerprint density at radius 3 is 2.55 bits per heavy atom. The summed E-state index contributed by atoms with van der Waals surface area (Å²) in [6, 6.07) is 16.7. The van der Waals surface area contributed by atoms with Gasteiger partial charge in [0.05, 0.1) is 28.1 Å². The van der Waals surface area contributed by atoms with Crippen molar-refractivity contribution in [2.45, 2.75) is 37.6 Å². The van der Waals surface area contributed by atoms with Crippen molar-refractivity contribution in [3.63, 3.8) is 0 Å². The summed E-state index contributed by atoms with van der Waals surface area (Å²) in [4.78, 5) is 17.8.